The van der Waals surface area contributed by atoms with Gasteiger partial charge in [-0.05, 0) is 19.3 Å². The van der Waals surface area contributed by atoms with Crippen molar-refractivity contribution in [3.8, 4) is 0 Å². The minimum Gasteiger partial charge on any atom is -0.478 e. The largest absolute Gasteiger partial charge is 0.478 e. The fourth-order valence-corrected chi connectivity index (χ4v) is 1.88. The van der Waals surface area contributed by atoms with Crippen molar-refractivity contribution in [2.24, 2.45) is 0 Å². The predicted molar refractivity (Wildman–Crippen MR) is 85.8 cm³/mol. The molecule has 1 heterocycles. The van der Waals surface area contributed by atoms with Gasteiger partial charge in [0, 0.05) is 18.8 Å². The molecular weight excluding hydrogens is 284 g/mol. The van der Waals surface area contributed by atoms with Gasteiger partial charge in [-0.25, -0.2) is 4.79 Å². The van der Waals surface area contributed by atoms with Crippen LogP contribution in [0.4, 0.5) is 0 Å². The summed E-state index contributed by atoms with van der Waals surface area (Å²) < 4.78 is 9.85. The highest BCUT2D eigenvalue weighted by atomic mass is 16.5. The quantitative estimate of drug-likeness (QED) is 0.378. The molecule has 0 atom stereocenters. The van der Waals surface area contributed by atoms with Crippen molar-refractivity contribution < 1.29 is 24.2 Å². The van der Waals surface area contributed by atoms with Gasteiger partial charge in [-0.2, -0.15) is 0 Å². The number of rotatable bonds is 10. The molecule has 1 aliphatic rings. The highest BCUT2D eigenvalue weighted by Crippen LogP contribution is 2.06. The van der Waals surface area contributed by atoms with E-state index in [1.807, 2.05) is 0 Å². The Kier molecular flexibility index (Phi) is 13.7. The highest BCUT2D eigenvalue weighted by Gasteiger charge is 2.10. The van der Waals surface area contributed by atoms with E-state index in [2.05, 4.69) is 13.5 Å². The molecule has 128 valence electrons. The van der Waals surface area contributed by atoms with Crippen molar-refractivity contribution >= 4 is 11.9 Å². The first-order valence-electron chi connectivity index (χ1n) is 8.22. The number of carbonyl (C=O) groups excluding carboxylic acids is 1. The first-order valence-corrected chi connectivity index (χ1v) is 8.22. The van der Waals surface area contributed by atoms with E-state index in [0.29, 0.717) is 6.61 Å². The van der Waals surface area contributed by atoms with Gasteiger partial charge in [0.05, 0.1) is 13.0 Å². The fourth-order valence-electron chi connectivity index (χ4n) is 1.88. The van der Waals surface area contributed by atoms with Crippen LogP contribution in [-0.4, -0.2) is 36.9 Å². The number of ether oxygens (including phenoxy) is 2. The third kappa shape index (κ3) is 13.6. The van der Waals surface area contributed by atoms with Crippen LogP contribution in [0.25, 0.3) is 0 Å². The number of hydrogen-bond acceptors (Lipinski definition) is 4. The smallest absolute Gasteiger partial charge is 0.331 e. The van der Waals surface area contributed by atoms with E-state index in [0.717, 1.165) is 32.5 Å². The molecule has 0 aliphatic carbocycles. The van der Waals surface area contributed by atoms with Gasteiger partial charge in [0.1, 0.15) is 0 Å². The van der Waals surface area contributed by atoms with Gasteiger partial charge >= 0.3 is 11.9 Å². The third-order valence-corrected chi connectivity index (χ3v) is 3.25. The van der Waals surface area contributed by atoms with Crippen molar-refractivity contribution in [3.05, 3.63) is 12.2 Å². The molecular formula is C17H30O5. The Hall–Kier alpha value is -1.36. The lowest BCUT2D eigenvalue weighted by Crippen LogP contribution is -2.10. The van der Waals surface area contributed by atoms with E-state index in [-0.39, 0.29) is 12.0 Å². The van der Waals surface area contributed by atoms with Crippen LogP contribution in [0, 0.1) is 0 Å². The maximum Gasteiger partial charge on any atom is 0.331 e. The molecule has 0 spiro atoms. The average Bonchev–Trinajstić information content (AvgIpc) is 3.05. The standard InChI is InChI=1S/C13H22O4.C4H8O/c1-3-4-5-6-7-8-9-17-12(14)10-11(2)13(15)16;1-2-4-5-3-1/h2-10H2,1H3,(H,15,16);1-4H2. The zero-order valence-electron chi connectivity index (χ0n) is 13.8. The van der Waals surface area contributed by atoms with Crippen molar-refractivity contribution in [2.75, 3.05) is 19.8 Å². The van der Waals surface area contributed by atoms with Crippen LogP contribution in [-0.2, 0) is 19.1 Å². The number of aliphatic carboxylic acids is 1. The van der Waals surface area contributed by atoms with Gasteiger partial charge < -0.3 is 14.6 Å². The van der Waals surface area contributed by atoms with Gasteiger partial charge in [0.15, 0.2) is 0 Å². The summed E-state index contributed by atoms with van der Waals surface area (Å²) in [5.41, 5.74) is -0.127. The molecule has 1 N–H and O–H groups in total. The summed E-state index contributed by atoms with van der Waals surface area (Å²) in [7, 11) is 0. The van der Waals surface area contributed by atoms with E-state index in [4.69, 9.17) is 14.6 Å². The van der Waals surface area contributed by atoms with Crippen LogP contribution in [0.1, 0.15) is 64.7 Å². The topological polar surface area (TPSA) is 72.8 Å². The molecule has 5 nitrogen and oxygen atoms in total. The van der Waals surface area contributed by atoms with Crippen LogP contribution in [0.15, 0.2) is 12.2 Å². The Morgan fingerprint density at radius 3 is 2.18 bits per heavy atom. The maximum absolute atomic E-state index is 11.1. The van der Waals surface area contributed by atoms with Crippen molar-refractivity contribution in [3.63, 3.8) is 0 Å². The monoisotopic (exact) mass is 314 g/mol. The number of carbonyl (C=O) groups is 2. The first kappa shape index (κ1) is 20.6. The Balaban J connectivity index is 0.000000734. The van der Waals surface area contributed by atoms with Crippen LogP contribution in [0.3, 0.4) is 0 Å². The molecule has 0 unspecified atom stereocenters. The summed E-state index contributed by atoms with van der Waals surface area (Å²) in [6, 6.07) is 0. The lowest BCUT2D eigenvalue weighted by atomic mass is 10.1. The van der Waals surface area contributed by atoms with Crippen molar-refractivity contribution in [1.29, 1.82) is 0 Å². The van der Waals surface area contributed by atoms with Crippen molar-refractivity contribution in [1.82, 2.24) is 0 Å². The molecule has 1 aliphatic heterocycles. The van der Waals surface area contributed by atoms with Crippen LogP contribution >= 0.6 is 0 Å². The second kappa shape index (κ2) is 14.6. The van der Waals surface area contributed by atoms with Crippen LogP contribution < -0.4 is 0 Å². The van der Waals surface area contributed by atoms with Gasteiger partial charge in [-0.1, -0.05) is 45.6 Å². The Morgan fingerprint density at radius 1 is 1.09 bits per heavy atom. The number of carboxylic acids is 1. The zero-order valence-corrected chi connectivity index (χ0v) is 13.8. The Labute approximate surface area is 133 Å². The summed E-state index contributed by atoms with van der Waals surface area (Å²) in [4.78, 5) is 21.6. The van der Waals surface area contributed by atoms with E-state index in [1.54, 1.807) is 0 Å². The second-order valence-electron chi connectivity index (χ2n) is 5.39. The molecule has 1 saturated heterocycles. The molecule has 0 aromatic heterocycles. The molecule has 0 radical (unpaired) electrons. The summed E-state index contributed by atoms with van der Waals surface area (Å²) in [5.74, 6) is -1.66. The minimum absolute atomic E-state index is 0.127. The zero-order chi connectivity index (χ0) is 16.6. The number of unbranched alkanes of at least 4 members (excludes halogenated alkanes) is 5. The summed E-state index contributed by atoms with van der Waals surface area (Å²) in [6.45, 7) is 7.81. The normalized spacial score (nSPS) is 13.1. The molecule has 0 saturated carbocycles. The van der Waals surface area contributed by atoms with E-state index < -0.39 is 11.9 Å². The van der Waals surface area contributed by atoms with E-state index >= 15 is 0 Å². The van der Waals surface area contributed by atoms with Gasteiger partial charge in [-0.3, -0.25) is 4.79 Å². The summed E-state index contributed by atoms with van der Waals surface area (Å²) in [6.07, 6.45) is 9.06. The molecule has 1 fully saturated rings. The van der Waals surface area contributed by atoms with Gasteiger partial charge in [-0.15, -0.1) is 0 Å². The molecule has 1 rings (SSSR count). The molecule has 22 heavy (non-hydrogen) atoms. The molecule has 5 heteroatoms. The van der Waals surface area contributed by atoms with Gasteiger partial charge in [0.2, 0.25) is 0 Å². The highest BCUT2D eigenvalue weighted by molar-refractivity contribution is 5.91. The minimum atomic E-state index is -1.15. The maximum atomic E-state index is 11.1. The van der Waals surface area contributed by atoms with Gasteiger partial charge in [0.25, 0.3) is 0 Å². The molecule has 0 amide bonds. The first-order chi connectivity index (χ1) is 10.6. The number of hydrogen-bond donors (Lipinski definition) is 1. The SMILES string of the molecule is C1CCOC1.C=C(CC(=O)OCCCCCCCC)C(=O)O. The number of carboxylic acid groups (broad SMARTS) is 1. The Bertz CT molecular complexity index is 313. The molecule has 0 bridgehead atoms. The third-order valence-electron chi connectivity index (χ3n) is 3.25. The lowest BCUT2D eigenvalue weighted by molar-refractivity contribution is -0.144. The second-order valence-corrected chi connectivity index (χ2v) is 5.39. The fraction of sp³-hybridized carbons (Fsp3) is 0.765. The van der Waals surface area contributed by atoms with E-state index in [9.17, 15) is 9.59 Å². The Morgan fingerprint density at radius 2 is 1.68 bits per heavy atom. The lowest BCUT2D eigenvalue weighted by Gasteiger charge is -2.04. The van der Waals surface area contributed by atoms with E-state index in [1.165, 1.54) is 32.1 Å². The summed E-state index contributed by atoms with van der Waals surface area (Å²) >= 11 is 0. The summed E-state index contributed by atoms with van der Waals surface area (Å²) in [5, 5.41) is 8.52. The number of esters is 1. The van der Waals surface area contributed by atoms with Crippen LogP contribution in [0.5, 0.6) is 0 Å². The van der Waals surface area contributed by atoms with Crippen molar-refractivity contribution in [2.45, 2.75) is 64.7 Å². The molecule has 0 aromatic carbocycles. The predicted octanol–water partition coefficient (Wildman–Crippen LogP) is 3.72. The van der Waals surface area contributed by atoms with Crippen LogP contribution in [0.2, 0.25) is 0 Å². The molecule has 0 aromatic rings. The average molecular weight is 314 g/mol.